The van der Waals surface area contributed by atoms with Crippen LogP contribution in [-0.2, 0) is 0 Å². The molecule has 3 rings (SSSR count). The van der Waals surface area contributed by atoms with Crippen molar-refractivity contribution >= 4 is 5.97 Å². The molecule has 1 saturated carbocycles. The molecule has 172 valence electrons. The number of hydrogen-bond acceptors (Lipinski definition) is 5. The van der Waals surface area contributed by atoms with Gasteiger partial charge in [0.15, 0.2) is 5.75 Å². The summed E-state index contributed by atoms with van der Waals surface area (Å²) in [6, 6.07) is 14.7. The van der Waals surface area contributed by atoms with Crippen molar-refractivity contribution in [2.24, 2.45) is 5.92 Å². The second-order valence-electron chi connectivity index (χ2n) is 8.73. The lowest BCUT2D eigenvalue weighted by Gasteiger charge is -2.28. The van der Waals surface area contributed by atoms with Gasteiger partial charge < -0.3 is 9.47 Å². The molecule has 0 amide bonds. The molecule has 0 bridgehead atoms. The molecule has 5 heteroatoms. The first-order chi connectivity index (χ1) is 16.1. The van der Waals surface area contributed by atoms with Gasteiger partial charge in [0.05, 0.1) is 12.2 Å². The van der Waals surface area contributed by atoms with E-state index >= 15 is 0 Å². The van der Waals surface area contributed by atoms with E-state index in [2.05, 4.69) is 13.8 Å². The fourth-order valence-electron chi connectivity index (χ4n) is 4.48. The van der Waals surface area contributed by atoms with Crippen LogP contribution in [0.3, 0.4) is 0 Å². The van der Waals surface area contributed by atoms with Crippen molar-refractivity contribution < 1.29 is 14.3 Å². The highest BCUT2D eigenvalue weighted by Gasteiger charge is 2.22. The SMILES string of the molecule is CCCCCOc1ccc(OC(=O)c2ccc(C3CCC(CC)CC3)cc2)c(C#N)c1C#N. The molecule has 0 radical (unpaired) electrons. The molecule has 0 spiro atoms. The largest absolute Gasteiger partial charge is 0.492 e. The molecule has 33 heavy (non-hydrogen) atoms. The van der Waals surface area contributed by atoms with Gasteiger partial charge in [-0.1, -0.05) is 45.2 Å². The number of benzene rings is 2. The third kappa shape index (κ3) is 6.14. The summed E-state index contributed by atoms with van der Waals surface area (Å²) >= 11 is 0. The number of carbonyl (C=O) groups excluding carboxylic acids is 1. The molecule has 1 aliphatic rings. The Balaban J connectivity index is 1.69. The van der Waals surface area contributed by atoms with E-state index in [4.69, 9.17) is 9.47 Å². The third-order valence-corrected chi connectivity index (χ3v) is 6.60. The van der Waals surface area contributed by atoms with Crippen molar-refractivity contribution in [1.82, 2.24) is 0 Å². The molecule has 0 atom stereocenters. The van der Waals surface area contributed by atoms with Gasteiger partial charge in [-0.3, -0.25) is 0 Å². The van der Waals surface area contributed by atoms with Gasteiger partial charge in [0, 0.05) is 0 Å². The summed E-state index contributed by atoms with van der Waals surface area (Å²) in [4.78, 5) is 12.7. The predicted molar refractivity (Wildman–Crippen MR) is 127 cm³/mol. The maximum Gasteiger partial charge on any atom is 0.343 e. The summed E-state index contributed by atoms with van der Waals surface area (Å²) in [6.07, 6.45) is 9.13. The monoisotopic (exact) mass is 444 g/mol. The average molecular weight is 445 g/mol. The van der Waals surface area contributed by atoms with Crippen molar-refractivity contribution in [3.05, 3.63) is 58.7 Å². The average Bonchev–Trinajstić information content (AvgIpc) is 2.87. The highest BCUT2D eigenvalue weighted by atomic mass is 16.5. The summed E-state index contributed by atoms with van der Waals surface area (Å²) in [5.74, 6) is 1.25. The van der Waals surface area contributed by atoms with Gasteiger partial charge in [-0.05, 0) is 73.8 Å². The van der Waals surface area contributed by atoms with Crippen LogP contribution in [0, 0.1) is 28.6 Å². The number of nitriles is 2. The van der Waals surface area contributed by atoms with E-state index in [1.165, 1.54) is 43.7 Å². The van der Waals surface area contributed by atoms with E-state index in [9.17, 15) is 15.3 Å². The maximum absolute atomic E-state index is 12.7. The first-order valence-corrected chi connectivity index (χ1v) is 12.0. The van der Waals surface area contributed by atoms with Gasteiger partial charge in [-0.25, -0.2) is 4.79 Å². The Bertz CT molecular complexity index is 1020. The zero-order chi connectivity index (χ0) is 23.6. The van der Waals surface area contributed by atoms with Crippen LogP contribution in [0.4, 0.5) is 0 Å². The number of unbranched alkanes of at least 4 members (excludes halogenated alkanes) is 2. The third-order valence-electron chi connectivity index (χ3n) is 6.60. The molecule has 0 heterocycles. The van der Waals surface area contributed by atoms with Crippen LogP contribution in [0.5, 0.6) is 11.5 Å². The van der Waals surface area contributed by atoms with E-state index in [0.29, 0.717) is 23.8 Å². The smallest absolute Gasteiger partial charge is 0.343 e. The van der Waals surface area contributed by atoms with Gasteiger partial charge in [0.2, 0.25) is 0 Å². The Morgan fingerprint density at radius 3 is 2.15 bits per heavy atom. The molecule has 0 N–H and O–H groups in total. The zero-order valence-electron chi connectivity index (χ0n) is 19.6. The van der Waals surface area contributed by atoms with Gasteiger partial charge in [0.1, 0.15) is 29.0 Å². The van der Waals surface area contributed by atoms with Crippen molar-refractivity contribution in [2.75, 3.05) is 6.61 Å². The van der Waals surface area contributed by atoms with Crippen molar-refractivity contribution in [3.63, 3.8) is 0 Å². The molecule has 0 unspecified atom stereocenters. The topological polar surface area (TPSA) is 83.1 Å². The minimum absolute atomic E-state index is 0.0168. The molecular formula is C28H32N2O3. The van der Waals surface area contributed by atoms with E-state index in [1.807, 2.05) is 24.3 Å². The second kappa shape index (κ2) is 12.1. The van der Waals surface area contributed by atoms with E-state index in [-0.39, 0.29) is 16.9 Å². The lowest BCUT2D eigenvalue weighted by Crippen LogP contribution is -2.13. The van der Waals surface area contributed by atoms with Crippen LogP contribution in [0.15, 0.2) is 36.4 Å². The lowest BCUT2D eigenvalue weighted by molar-refractivity contribution is 0.0734. The lowest BCUT2D eigenvalue weighted by atomic mass is 9.78. The van der Waals surface area contributed by atoms with E-state index in [0.717, 1.165) is 25.2 Å². The Hall–Kier alpha value is -3.31. The quantitative estimate of drug-likeness (QED) is 0.238. The molecule has 5 nitrogen and oxygen atoms in total. The highest BCUT2D eigenvalue weighted by Crippen LogP contribution is 2.37. The molecule has 0 saturated heterocycles. The number of esters is 1. The van der Waals surface area contributed by atoms with Crippen LogP contribution >= 0.6 is 0 Å². The van der Waals surface area contributed by atoms with Crippen molar-refractivity contribution in [3.8, 4) is 23.6 Å². The molecule has 0 aromatic heterocycles. The molecular weight excluding hydrogens is 412 g/mol. The number of ether oxygens (including phenoxy) is 2. The van der Waals surface area contributed by atoms with E-state index < -0.39 is 5.97 Å². The Morgan fingerprint density at radius 1 is 0.909 bits per heavy atom. The van der Waals surface area contributed by atoms with E-state index in [1.54, 1.807) is 18.2 Å². The molecule has 0 aliphatic heterocycles. The van der Waals surface area contributed by atoms with Crippen LogP contribution in [0.25, 0.3) is 0 Å². The Kier molecular flexibility index (Phi) is 8.90. The molecule has 1 fully saturated rings. The summed E-state index contributed by atoms with van der Waals surface area (Å²) in [5.41, 5.74) is 1.79. The zero-order valence-corrected chi connectivity index (χ0v) is 19.6. The summed E-state index contributed by atoms with van der Waals surface area (Å²) < 4.78 is 11.2. The Labute approximate surface area is 196 Å². The van der Waals surface area contributed by atoms with Gasteiger partial charge >= 0.3 is 5.97 Å². The molecule has 1 aliphatic carbocycles. The van der Waals surface area contributed by atoms with Crippen molar-refractivity contribution in [2.45, 2.75) is 71.1 Å². The predicted octanol–water partition coefficient (Wildman–Crippen LogP) is 6.90. The standard InChI is InChI=1S/C28H32N2O3/c1-3-5-6-17-32-26-15-16-27(25(19-30)24(26)18-29)33-28(31)23-13-11-22(12-14-23)21-9-7-20(4-2)8-10-21/h11-16,20-21H,3-10,17H2,1-2H3. The number of rotatable bonds is 9. The minimum Gasteiger partial charge on any atom is -0.492 e. The van der Waals surface area contributed by atoms with Gasteiger partial charge in [-0.15, -0.1) is 0 Å². The Morgan fingerprint density at radius 2 is 1.55 bits per heavy atom. The molecule has 2 aromatic rings. The first kappa shape index (κ1) is 24.3. The van der Waals surface area contributed by atoms with Crippen molar-refractivity contribution in [1.29, 1.82) is 10.5 Å². The maximum atomic E-state index is 12.7. The number of carbonyl (C=O) groups is 1. The summed E-state index contributed by atoms with van der Waals surface area (Å²) in [6.45, 7) is 4.83. The van der Waals surface area contributed by atoms with Crippen LogP contribution in [0.2, 0.25) is 0 Å². The first-order valence-electron chi connectivity index (χ1n) is 12.0. The normalized spacial score (nSPS) is 17.6. The van der Waals surface area contributed by atoms with Crippen LogP contribution in [0.1, 0.15) is 98.2 Å². The summed E-state index contributed by atoms with van der Waals surface area (Å²) in [7, 11) is 0. The number of hydrogen-bond donors (Lipinski definition) is 0. The fourth-order valence-corrected chi connectivity index (χ4v) is 4.48. The molecule has 2 aromatic carbocycles. The minimum atomic E-state index is -0.548. The summed E-state index contributed by atoms with van der Waals surface area (Å²) in [5, 5.41) is 19.2. The van der Waals surface area contributed by atoms with Gasteiger partial charge in [-0.2, -0.15) is 10.5 Å². The van der Waals surface area contributed by atoms with Gasteiger partial charge in [0.25, 0.3) is 0 Å². The van der Waals surface area contributed by atoms with Crippen LogP contribution < -0.4 is 9.47 Å². The highest BCUT2D eigenvalue weighted by molar-refractivity contribution is 5.91. The second-order valence-corrected chi connectivity index (χ2v) is 8.73. The van der Waals surface area contributed by atoms with Crippen LogP contribution in [-0.4, -0.2) is 12.6 Å². The fraction of sp³-hybridized carbons (Fsp3) is 0.464. The number of nitrogens with zero attached hydrogens (tertiary/aromatic N) is 2.